The van der Waals surface area contributed by atoms with Crippen molar-refractivity contribution in [1.82, 2.24) is 4.98 Å². The van der Waals surface area contributed by atoms with Crippen LogP contribution in [0.25, 0.3) is 6.08 Å². The molecule has 3 heteroatoms. The second kappa shape index (κ2) is 4.26. The van der Waals surface area contributed by atoms with Gasteiger partial charge in [0.25, 0.3) is 0 Å². The van der Waals surface area contributed by atoms with Crippen LogP contribution >= 0.6 is 11.3 Å². The van der Waals surface area contributed by atoms with Crippen molar-refractivity contribution >= 4 is 17.4 Å². The second-order valence-corrected chi connectivity index (χ2v) is 3.14. The van der Waals surface area contributed by atoms with E-state index < -0.39 is 0 Å². The van der Waals surface area contributed by atoms with Gasteiger partial charge < -0.3 is 5.11 Å². The summed E-state index contributed by atoms with van der Waals surface area (Å²) < 4.78 is 0. The summed E-state index contributed by atoms with van der Waals surface area (Å²) in [6.07, 6.45) is 4.68. The number of hydrogen-bond donors (Lipinski definition) is 1. The first-order valence-electron chi connectivity index (χ1n) is 3.55. The molecule has 1 N–H and O–H groups in total. The molecule has 11 heavy (non-hydrogen) atoms. The number of hydrogen-bond acceptors (Lipinski definition) is 3. The molecule has 1 aromatic rings. The topological polar surface area (TPSA) is 33.1 Å². The highest BCUT2D eigenvalue weighted by Gasteiger charge is 1.93. The fourth-order valence-corrected chi connectivity index (χ4v) is 1.36. The van der Waals surface area contributed by atoms with Crippen molar-refractivity contribution in [2.75, 3.05) is 6.61 Å². The summed E-state index contributed by atoms with van der Waals surface area (Å²) in [7, 11) is 0. The Morgan fingerprint density at radius 1 is 1.82 bits per heavy atom. The van der Waals surface area contributed by atoms with Crippen LogP contribution in [-0.4, -0.2) is 16.7 Å². The SMILES string of the molecule is CC/C(=C\c1cncs1)CO. The molecule has 0 radical (unpaired) electrons. The molecule has 0 aromatic carbocycles. The fraction of sp³-hybridized carbons (Fsp3) is 0.375. The Morgan fingerprint density at radius 3 is 3.09 bits per heavy atom. The molecule has 1 heterocycles. The lowest BCUT2D eigenvalue weighted by molar-refractivity contribution is 0.329. The monoisotopic (exact) mass is 169 g/mol. The Hall–Kier alpha value is -0.670. The molecule has 0 fully saturated rings. The number of aliphatic hydroxyl groups is 1. The van der Waals surface area contributed by atoms with Crippen molar-refractivity contribution in [2.24, 2.45) is 0 Å². The van der Waals surface area contributed by atoms with E-state index in [2.05, 4.69) is 4.98 Å². The fourth-order valence-electron chi connectivity index (χ4n) is 0.758. The van der Waals surface area contributed by atoms with Gasteiger partial charge in [0.1, 0.15) is 0 Å². The first kappa shape index (κ1) is 8.43. The molecule has 0 aliphatic rings. The van der Waals surface area contributed by atoms with Crippen LogP contribution in [-0.2, 0) is 0 Å². The Kier molecular flexibility index (Phi) is 3.26. The minimum atomic E-state index is 0.147. The maximum atomic E-state index is 8.84. The predicted molar refractivity (Wildman–Crippen MR) is 47.5 cm³/mol. The highest BCUT2D eigenvalue weighted by Crippen LogP contribution is 2.12. The molecule has 60 valence electrons. The van der Waals surface area contributed by atoms with E-state index in [0.717, 1.165) is 16.9 Å². The molecule has 0 aliphatic heterocycles. The Morgan fingerprint density at radius 2 is 2.64 bits per heavy atom. The van der Waals surface area contributed by atoms with Gasteiger partial charge in [0.15, 0.2) is 0 Å². The number of aromatic nitrogens is 1. The summed E-state index contributed by atoms with van der Waals surface area (Å²) in [5.74, 6) is 0. The van der Waals surface area contributed by atoms with E-state index in [0.29, 0.717) is 0 Å². The zero-order chi connectivity index (χ0) is 8.10. The average molecular weight is 169 g/mol. The molecule has 0 atom stereocenters. The van der Waals surface area contributed by atoms with E-state index in [9.17, 15) is 0 Å². The Balaban J connectivity index is 2.71. The number of aliphatic hydroxyl groups excluding tert-OH is 1. The minimum absolute atomic E-state index is 0.147. The molecule has 2 nitrogen and oxygen atoms in total. The highest BCUT2D eigenvalue weighted by atomic mass is 32.1. The van der Waals surface area contributed by atoms with Gasteiger partial charge in [0.05, 0.1) is 12.1 Å². The van der Waals surface area contributed by atoms with E-state index in [1.807, 2.05) is 13.0 Å². The molecule has 0 bridgehead atoms. The third-order valence-electron chi connectivity index (χ3n) is 1.46. The van der Waals surface area contributed by atoms with Crippen LogP contribution in [0.5, 0.6) is 0 Å². The van der Waals surface area contributed by atoms with E-state index in [-0.39, 0.29) is 6.61 Å². The van der Waals surface area contributed by atoms with Crippen molar-refractivity contribution in [3.05, 3.63) is 22.2 Å². The van der Waals surface area contributed by atoms with Crippen LogP contribution in [0.3, 0.4) is 0 Å². The summed E-state index contributed by atoms with van der Waals surface area (Å²) in [6, 6.07) is 0. The van der Waals surface area contributed by atoms with Crippen LogP contribution in [0.2, 0.25) is 0 Å². The van der Waals surface area contributed by atoms with E-state index >= 15 is 0 Å². The molecule has 0 amide bonds. The number of thiazole rings is 1. The first-order valence-corrected chi connectivity index (χ1v) is 4.43. The lowest BCUT2D eigenvalue weighted by Crippen LogP contribution is -1.86. The average Bonchev–Trinajstić information content (AvgIpc) is 2.52. The molecule has 0 saturated carbocycles. The smallest absolute Gasteiger partial charge is 0.0797 e. The molecular formula is C8H11NOS. The first-order chi connectivity index (χ1) is 5.36. The molecular weight excluding hydrogens is 158 g/mol. The summed E-state index contributed by atoms with van der Waals surface area (Å²) in [5.41, 5.74) is 2.84. The number of nitrogens with zero attached hydrogens (tertiary/aromatic N) is 1. The molecule has 0 saturated heterocycles. The summed E-state index contributed by atoms with van der Waals surface area (Å²) in [4.78, 5) is 5.04. The van der Waals surface area contributed by atoms with Gasteiger partial charge >= 0.3 is 0 Å². The van der Waals surface area contributed by atoms with Crippen molar-refractivity contribution < 1.29 is 5.11 Å². The number of rotatable bonds is 3. The van der Waals surface area contributed by atoms with Crippen LogP contribution in [0.4, 0.5) is 0 Å². The lowest BCUT2D eigenvalue weighted by atomic mass is 10.2. The molecule has 0 spiro atoms. The van der Waals surface area contributed by atoms with Crippen molar-refractivity contribution in [2.45, 2.75) is 13.3 Å². The summed E-state index contributed by atoms with van der Waals surface area (Å²) >= 11 is 1.58. The molecule has 0 aliphatic carbocycles. The van der Waals surface area contributed by atoms with Gasteiger partial charge in [-0.2, -0.15) is 0 Å². The van der Waals surface area contributed by atoms with Crippen LogP contribution in [0.15, 0.2) is 17.3 Å². The summed E-state index contributed by atoms with van der Waals surface area (Å²) in [5, 5.41) is 8.84. The Labute approximate surface area is 70.2 Å². The van der Waals surface area contributed by atoms with E-state index in [4.69, 9.17) is 5.11 Å². The maximum absolute atomic E-state index is 8.84. The Bertz CT molecular complexity index is 222. The van der Waals surface area contributed by atoms with Crippen LogP contribution in [0, 0.1) is 0 Å². The standard InChI is InChI=1S/C8H11NOS/c1-2-7(5-10)3-8-4-9-6-11-8/h3-4,6,10H,2,5H2,1H3/b7-3+. The highest BCUT2D eigenvalue weighted by molar-refractivity contribution is 7.10. The van der Waals surface area contributed by atoms with Gasteiger partial charge in [-0.1, -0.05) is 6.92 Å². The largest absolute Gasteiger partial charge is 0.392 e. The predicted octanol–water partition coefficient (Wildman–Crippen LogP) is 1.93. The van der Waals surface area contributed by atoms with Gasteiger partial charge in [0, 0.05) is 11.1 Å². The zero-order valence-corrected chi connectivity index (χ0v) is 7.27. The quantitative estimate of drug-likeness (QED) is 0.750. The van der Waals surface area contributed by atoms with Crippen molar-refractivity contribution in [3.63, 3.8) is 0 Å². The summed E-state index contributed by atoms with van der Waals surface area (Å²) in [6.45, 7) is 2.18. The van der Waals surface area contributed by atoms with Gasteiger partial charge in [-0.3, -0.25) is 4.98 Å². The second-order valence-electron chi connectivity index (χ2n) is 2.22. The van der Waals surface area contributed by atoms with Crippen molar-refractivity contribution in [1.29, 1.82) is 0 Å². The van der Waals surface area contributed by atoms with E-state index in [1.54, 1.807) is 23.0 Å². The lowest BCUT2D eigenvalue weighted by Gasteiger charge is -1.95. The molecule has 1 rings (SSSR count). The van der Waals surface area contributed by atoms with E-state index in [1.165, 1.54) is 0 Å². The maximum Gasteiger partial charge on any atom is 0.0797 e. The minimum Gasteiger partial charge on any atom is -0.392 e. The third-order valence-corrected chi connectivity index (χ3v) is 2.18. The normalized spacial score (nSPS) is 12.0. The molecule has 0 unspecified atom stereocenters. The van der Waals surface area contributed by atoms with Crippen molar-refractivity contribution in [3.8, 4) is 0 Å². The molecule has 1 aromatic heterocycles. The van der Waals surface area contributed by atoms with Crippen LogP contribution < -0.4 is 0 Å². The van der Waals surface area contributed by atoms with Gasteiger partial charge in [-0.25, -0.2) is 0 Å². The third kappa shape index (κ3) is 2.44. The van der Waals surface area contributed by atoms with Gasteiger partial charge in [-0.15, -0.1) is 11.3 Å². The van der Waals surface area contributed by atoms with Crippen LogP contribution in [0.1, 0.15) is 18.2 Å². The zero-order valence-electron chi connectivity index (χ0n) is 6.45. The van der Waals surface area contributed by atoms with Gasteiger partial charge in [-0.05, 0) is 18.1 Å². The van der Waals surface area contributed by atoms with Gasteiger partial charge in [0.2, 0.25) is 0 Å².